The van der Waals surface area contributed by atoms with Crippen LogP contribution < -0.4 is 43.8 Å². The Morgan fingerprint density at radius 3 is 1.67 bits per heavy atom. The van der Waals surface area contributed by atoms with Crippen LogP contribution in [0.3, 0.4) is 0 Å². The van der Waals surface area contributed by atoms with Crippen LogP contribution in [0.4, 0.5) is 0 Å². The Morgan fingerprint density at radius 2 is 1.17 bits per heavy atom. The fraction of sp³-hybridized carbons (Fsp3) is 0.680. The number of hydrogen-bond donors (Lipinski definition) is 9. The van der Waals surface area contributed by atoms with E-state index in [-0.39, 0.29) is 31.1 Å². The van der Waals surface area contributed by atoms with E-state index in [4.69, 9.17) is 17.2 Å². The summed E-state index contributed by atoms with van der Waals surface area (Å²) in [4.78, 5) is 96.3. The molecule has 0 aromatic rings. The minimum atomic E-state index is -1.60. The molecular weight excluding hydrogens is 556 g/mol. The van der Waals surface area contributed by atoms with E-state index >= 15 is 0 Å². The highest BCUT2D eigenvalue weighted by Gasteiger charge is 2.31. The fourth-order valence-electron chi connectivity index (χ4n) is 3.60. The number of nitrogens with one attached hydrogen (secondary N) is 5. The minimum Gasteiger partial charge on any atom is -0.480 e. The number of carboxylic acids is 1. The molecule has 4 atom stereocenters. The van der Waals surface area contributed by atoms with Gasteiger partial charge in [-0.2, -0.15) is 0 Å². The lowest BCUT2D eigenvalue weighted by molar-refractivity contribution is -0.142. The Hall–Kier alpha value is -4.28. The molecule has 0 saturated heterocycles. The maximum Gasteiger partial charge on any atom is 0.326 e. The molecule has 0 heterocycles. The maximum atomic E-state index is 13.0. The zero-order valence-electron chi connectivity index (χ0n) is 24.4. The van der Waals surface area contributed by atoms with Gasteiger partial charge in [0.25, 0.3) is 0 Å². The van der Waals surface area contributed by atoms with Crippen molar-refractivity contribution in [3.05, 3.63) is 0 Å². The zero-order valence-corrected chi connectivity index (χ0v) is 24.4. The summed E-state index contributed by atoms with van der Waals surface area (Å²) in [7, 11) is 0. The topological polar surface area (TPSA) is 295 Å². The fourth-order valence-corrected chi connectivity index (χ4v) is 3.60. The molecule has 0 aromatic carbocycles. The van der Waals surface area contributed by atoms with E-state index in [0.29, 0.717) is 6.42 Å². The summed E-state index contributed by atoms with van der Waals surface area (Å²) in [6.45, 7) is 6.33. The lowest BCUT2D eigenvalue weighted by atomic mass is 10.0. The van der Waals surface area contributed by atoms with Crippen molar-refractivity contribution in [3.63, 3.8) is 0 Å². The molecule has 17 nitrogen and oxygen atoms in total. The quantitative estimate of drug-likeness (QED) is 0.0659. The van der Waals surface area contributed by atoms with Gasteiger partial charge in [0, 0.05) is 6.42 Å². The molecule has 42 heavy (non-hydrogen) atoms. The molecule has 0 aliphatic carbocycles. The zero-order chi connectivity index (χ0) is 32.6. The standard InChI is InChI=1S/C25H44N8O9/c1-12(2)7-14(26)22(38)30-10-20(36)29-11-21(37)31-16(8-13(3)4)23(39)33-17(9-19(28)35)24(40)32-15(25(41)42)5-6-18(27)34/h12-17H,5-11,26H2,1-4H3,(H2,27,34)(H2,28,35)(H,29,36)(H,30,38)(H,31,37)(H,32,40)(H,33,39)(H,41,42)/t14-,15-,16-,17-/m0/s1. The van der Waals surface area contributed by atoms with Gasteiger partial charge in [-0.1, -0.05) is 27.7 Å². The van der Waals surface area contributed by atoms with Gasteiger partial charge in [-0.3, -0.25) is 33.6 Å². The van der Waals surface area contributed by atoms with Gasteiger partial charge in [0.1, 0.15) is 18.1 Å². The number of carbonyl (C=O) groups excluding carboxylic acids is 7. The second kappa shape index (κ2) is 19.0. The Bertz CT molecular complexity index is 1000. The van der Waals surface area contributed by atoms with Crippen LogP contribution in [0, 0.1) is 11.8 Å². The molecule has 0 fully saturated rings. The third-order valence-corrected chi connectivity index (χ3v) is 5.62. The van der Waals surface area contributed by atoms with E-state index in [1.54, 1.807) is 13.8 Å². The Kier molecular flexibility index (Phi) is 17.0. The summed E-state index contributed by atoms with van der Waals surface area (Å²) in [6, 6.07) is -5.14. The van der Waals surface area contributed by atoms with Gasteiger partial charge in [-0.25, -0.2) is 4.79 Å². The van der Waals surface area contributed by atoms with Crippen LogP contribution >= 0.6 is 0 Å². The van der Waals surface area contributed by atoms with E-state index in [0.717, 1.165) is 0 Å². The molecule has 0 radical (unpaired) electrons. The molecule has 0 spiro atoms. The van der Waals surface area contributed by atoms with E-state index < -0.39 is 91.0 Å². The highest BCUT2D eigenvalue weighted by atomic mass is 16.4. The van der Waals surface area contributed by atoms with Crippen molar-refractivity contribution in [3.8, 4) is 0 Å². The molecule has 0 bridgehead atoms. The second-order valence-electron chi connectivity index (χ2n) is 10.6. The van der Waals surface area contributed by atoms with Gasteiger partial charge in [-0.15, -0.1) is 0 Å². The smallest absolute Gasteiger partial charge is 0.326 e. The summed E-state index contributed by atoms with van der Waals surface area (Å²) in [5.74, 6) is -7.10. The molecule has 238 valence electrons. The van der Waals surface area contributed by atoms with Crippen molar-refractivity contribution in [1.29, 1.82) is 0 Å². The summed E-state index contributed by atoms with van der Waals surface area (Å²) in [5, 5.41) is 20.8. The van der Waals surface area contributed by atoms with Crippen LogP contribution in [0.1, 0.15) is 59.8 Å². The average molecular weight is 601 g/mol. The molecule has 0 rings (SSSR count). The lowest BCUT2D eigenvalue weighted by Crippen LogP contribution is -2.57. The molecule has 0 aromatic heterocycles. The molecule has 17 heteroatoms. The first-order valence-electron chi connectivity index (χ1n) is 13.4. The summed E-state index contributed by atoms with van der Waals surface area (Å²) >= 11 is 0. The highest BCUT2D eigenvalue weighted by Crippen LogP contribution is 2.07. The van der Waals surface area contributed by atoms with Crippen LogP contribution in [0.5, 0.6) is 0 Å². The molecule has 12 N–H and O–H groups in total. The van der Waals surface area contributed by atoms with E-state index in [9.17, 15) is 43.5 Å². The Labute approximate surface area is 243 Å². The van der Waals surface area contributed by atoms with Gasteiger partial charge < -0.3 is 48.9 Å². The highest BCUT2D eigenvalue weighted by molar-refractivity contribution is 5.96. The van der Waals surface area contributed by atoms with Crippen LogP contribution in [-0.2, 0) is 38.4 Å². The number of hydrogen-bond acceptors (Lipinski definition) is 9. The second-order valence-corrected chi connectivity index (χ2v) is 10.6. The Balaban J connectivity index is 5.27. The third-order valence-electron chi connectivity index (χ3n) is 5.62. The largest absolute Gasteiger partial charge is 0.480 e. The van der Waals surface area contributed by atoms with E-state index in [2.05, 4.69) is 26.6 Å². The number of rotatable bonds is 20. The number of carbonyl (C=O) groups is 8. The number of aliphatic carboxylic acids is 1. The number of amides is 7. The summed E-state index contributed by atoms with van der Waals surface area (Å²) < 4.78 is 0. The molecule has 0 aliphatic heterocycles. The van der Waals surface area contributed by atoms with Crippen LogP contribution in [0.15, 0.2) is 0 Å². The number of carboxylic acid groups (broad SMARTS) is 1. The monoisotopic (exact) mass is 600 g/mol. The van der Waals surface area contributed by atoms with Crippen molar-refractivity contribution >= 4 is 47.3 Å². The Morgan fingerprint density at radius 1 is 0.643 bits per heavy atom. The molecule has 0 saturated carbocycles. The van der Waals surface area contributed by atoms with Crippen LogP contribution in [0.25, 0.3) is 0 Å². The molecule has 0 unspecified atom stereocenters. The van der Waals surface area contributed by atoms with Crippen molar-refractivity contribution in [2.24, 2.45) is 29.0 Å². The molecular formula is C25H44N8O9. The van der Waals surface area contributed by atoms with Gasteiger partial charge in [0.15, 0.2) is 0 Å². The van der Waals surface area contributed by atoms with Gasteiger partial charge in [0.2, 0.25) is 41.4 Å². The van der Waals surface area contributed by atoms with Crippen LogP contribution in [0.2, 0.25) is 0 Å². The van der Waals surface area contributed by atoms with Crippen molar-refractivity contribution < 1.29 is 43.5 Å². The summed E-state index contributed by atoms with van der Waals surface area (Å²) in [5.41, 5.74) is 16.0. The van der Waals surface area contributed by atoms with Crippen molar-refractivity contribution in [2.75, 3.05) is 13.1 Å². The summed E-state index contributed by atoms with van der Waals surface area (Å²) in [6.07, 6.45) is -0.852. The van der Waals surface area contributed by atoms with E-state index in [1.807, 2.05) is 13.8 Å². The minimum absolute atomic E-state index is 0.0938. The maximum absolute atomic E-state index is 13.0. The lowest BCUT2D eigenvalue weighted by Gasteiger charge is -2.25. The van der Waals surface area contributed by atoms with Gasteiger partial charge >= 0.3 is 5.97 Å². The van der Waals surface area contributed by atoms with Crippen LogP contribution in [-0.4, -0.2) is 89.7 Å². The SMILES string of the molecule is CC(C)C[C@H](NC(=O)CNC(=O)CNC(=O)[C@@H](N)CC(C)C)C(=O)N[C@@H](CC(N)=O)C(=O)N[C@@H](CCC(N)=O)C(=O)O. The number of primary amides is 2. The van der Waals surface area contributed by atoms with Crippen molar-refractivity contribution in [2.45, 2.75) is 84.0 Å². The molecule has 7 amide bonds. The first kappa shape index (κ1) is 37.7. The first-order valence-corrected chi connectivity index (χ1v) is 13.4. The third kappa shape index (κ3) is 16.7. The van der Waals surface area contributed by atoms with Crippen molar-refractivity contribution in [1.82, 2.24) is 26.6 Å². The van der Waals surface area contributed by atoms with Gasteiger partial charge in [0.05, 0.1) is 25.6 Å². The van der Waals surface area contributed by atoms with E-state index in [1.165, 1.54) is 0 Å². The predicted molar refractivity (Wildman–Crippen MR) is 149 cm³/mol. The first-order chi connectivity index (χ1) is 19.4. The van der Waals surface area contributed by atoms with Gasteiger partial charge in [-0.05, 0) is 31.1 Å². The molecule has 0 aliphatic rings. The normalized spacial score (nSPS) is 13.7. The average Bonchev–Trinajstić information content (AvgIpc) is 2.86. The number of nitrogens with two attached hydrogens (primary N) is 3. The predicted octanol–water partition coefficient (Wildman–Crippen LogP) is -3.68.